The minimum absolute atomic E-state index is 0.312. The normalized spacial score (nSPS) is 16.2. The van der Waals surface area contributed by atoms with Crippen LogP contribution in [-0.2, 0) is 12.7 Å². The number of halogens is 3. The van der Waals surface area contributed by atoms with Crippen molar-refractivity contribution >= 4 is 16.9 Å². The van der Waals surface area contributed by atoms with Gasteiger partial charge < -0.3 is 4.90 Å². The van der Waals surface area contributed by atoms with Gasteiger partial charge >= 0.3 is 6.18 Å². The molecule has 0 atom stereocenters. The molecule has 0 amide bonds. The highest BCUT2D eigenvalue weighted by molar-refractivity contribution is 5.86. The Bertz CT molecular complexity index is 946. The fraction of sp³-hybridized carbons (Fsp3) is 0.421. The molecule has 148 valence electrons. The van der Waals surface area contributed by atoms with Gasteiger partial charge in [0.25, 0.3) is 0 Å². The fourth-order valence-electron chi connectivity index (χ4n) is 3.79. The van der Waals surface area contributed by atoms with Crippen molar-refractivity contribution in [1.82, 2.24) is 25.1 Å². The third-order valence-corrected chi connectivity index (χ3v) is 5.30. The smallest absolute Gasteiger partial charge is 0.356 e. The highest BCUT2D eigenvalue weighted by Gasteiger charge is 2.31. The van der Waals surface area contributed by atoms with Crippen LogP contribution >= 0.6 is 0 Å². The molecule has 1 fully saturated rings. The fourth-order valence-corrected chi connectivity index (χ4v) is 3.79. The number of rotatable bonds is 4. The first-order valence-corrected chi connectivity index (χ1v) is 9.17. The number of nitrogens with one attached hydrogen (secondary N) is 1. The zero-order chi connectivity index (χ0) is 19.7. The van der Waals surface area contributed by atoms with Crippen LogP contribution in [0.4, 0.5) is 19.0 Å². The average Bonchev–Trinajstić information content (AvgIpc) is 3.16. The molecule has 6 nitrogen and oxygen atoms in total. The summed E-state index contributed by atoms with van der Waals surface area (Å²) in [5, 5.41) is 7.78. The van der Waals surface area contributed by atoms with Gasteiger partial charge in [-0.2, -0.15) is 18.3 Å². The van der Waals surface area contributed by atoms with Gasteiger partial charge in [0.1, 0.15) is 12.1 Å². The maximum atomic E-state index is 12.9. The molecular weight excluding hydrogens is 369 g/mol. The van der Waals surface area contributed by atoms with Gasteiger partial charge in [0.05, 0.1) is 17.1 Å². The second-order valence-corrected chi connectivity index (χ2v) is 7.16. The lowest BCUT2D eigenvalue weighted by atomic mass is 10.0. The Morgan fingerprint density at radius 2 is 2.00 bits per heavy atom. The molecule has 0 aliphatic carbocycles. The third-order valence-electron chi connectivity index (χ3n) is 5.30. The molecule has 2 aromatic heterocycles. The van der Waals surface area contributed by atoms with E-state index in [1.807, 2.05) is 7.05 Å². The topological polar surface area (TPSA) is 60.9 Å². The van der Waals surface area contributed by atoms with Crippen LogP contribution in [0.3, 0.4) is 0 Å². The highest BCUT2D eigenvalue weighted by Crippen LogP contribution is 2.30. The molecule has 1 saturated heterocycles. The van der Waals surface area contributed by atoms with Crippen molar-refractivity contribution in [2.75, 3.05) is 25.0 Å². The van der Waals surface area contributed by atoms with Crippen LogP contribution in [-0.4, -0.2) is 51.2 Å². The van der Waals surface area contributed by atoms with Crippen molar-refractivity contribution < 1.29 is 13.2 Å². The van der Waals surface area contributed by atoms with E-state index in [2.05, 4.69) is 30.0 Å². The number of hydrogen-bond donors (Lipinski definition) is 1. The van der Waals surface area contributed by atoms with Gasteiger partial charge in [0.15, 0.2) is 5.65 Å². The summed E-state index contributed by atoms with van der Waals surface area (Å²) in [6.45, 7) is 2.15. The Hall–Kier alpha value is -2.68. The summed E-state index contributed by atoms with van der Waals surface area (Å²) >= 11 is 0. The van der Waals surface area contributed by atoms with E-state index in [1.165, 1.54) is 18.5 Å². The van der Waals surface area contributed by atoms with Crippen molar-refractivity contribution in [3.63, 3.8) is 0 Å². The molecule has 28 heavy (non-hydrogen) atoms. The van der Waals surface area contributed by atoms with Crippen LogP contribution in [0.15, 0.2) is 36.8 Å². The number of benzene rings is 1. The first kappa shape index (κ1) is 18.7. The lowest BCUT2D eigenvalue weighted by Crippen LogP contribution is -2.43. The number of alkyl halides is 3. The molecule has 1 aliphatic heterocycles. The molecule has 3 aromatic rings. The number of anilines is 1. The van der Waals surface area contributed by atoms with Crippen molar-refractivity contribution in [3.05, 3.63) is 47.9 Å². The van der Waals surface area contributed by atoms with Crippen LogP contribution in [0.1, 0.15) is 24.0 Å². The molecule has 1 aromatic carbocycles. The molecule has 0 saturated carbocycles. The predicted octanol–water partition coefficient (Wildman–Crippen LogP) is 3.47. The van der Waals surface area contributed by atoms with Gasteiger partial charge in [-0.1, -0.05) is 18.2 Å². The van der Waals surface area contributed by atoms with Crippen LogP contribution < -0.4 is 4.90 Å². The Morgan fingerprint density at radius 1 is 1.21 bits per heavy atom. The predicted molar refractivity (Wildman–Crippen MR) is 99.8 cm³/mol. The van der Waals surface area contributed by atoms with Crippen molar-refractivity contribution in [2.24, 2.45) is 0 Å². The maximum absolute atomic E-state index is 12.9. The Balaban J connectivity index is 1.39. The summed E-state index contributed by atoms with van der Waals surface area (Å²) in [6, 6.07) is 5.88. The standard InChI is InChI=1S/C19H21F3N6/c1-27(11-13-3-2-4-14(9-13)19(20,21)22)15-5-7-28(8-6-15)18-16-10-25-26-17(16)23-12-24-18/h2-4,9-10,12,15H,5-8,11H2,1H3,(H,23,24,25,26). The monoisotopic (exact) mass is 390 g/mol. The summed E-state index contributed by atoms with van der Waals surface area (Å²) in [5.74, 6) is 0.873. The second kappa shape index (κ2) is 7.38. The van der Waals surface area contributed by atoms with E-state index in [0.29, 0.717) is 23.8 Å². The minimum Gasteiger partial charge on any atom is -0.356 e. The lowest BCUT2D eigenvalue weighted by molar-refractivity contribution is -0.137. The van der Waals surface area contributed by atoms with Crippen molar-refractivity contribution in [3.8, 4) is 0 Å². The number of piperidine rings is 1. The number of fused-ring (bicyclic) bond motifs is 1. The Morgan fingerprint density at radius 3 is 2.75 bits per heavy atom. The second-order valence-electron chi connectivity index (χ2n) is 7.16. The first-order valence-electron chi connectivity index (χ1n) is 9.17. The molecule has 0 unspecified atom stereocenters. The lowest BCUT2D eigenvalue weighted by Gasteiger charge is -2.37. The van der Waals surface area contributed by atoms with E-state index >= 15 is 0 Å². The number of aromatic amines is 1. The van der Waals surface area contributed by atoms with E-state index < -0.39 is 11.7 Å². The highest BCUT2D eigenvalue weighted by atomic mass is 19.4. The van der Waals surface area contributed by atoms with Crippen LogP contribution in [0.5, 0.6) is 0 Å². The van der Waals surface area contributed by atoms with E-state index in [4.69, 9.17) is 0 Å². The molecule has 4 rings (SSSR count). The molecule has 1 N–H and O–H groups in total. The van der Waals surface area contributed by atoms with Crippen LogP contribution in [0.2, 0.25) is 0 Å². The van der Waals surface area contributed by atoms with Crippen molar-refractivity contribution in [1.29, 1.82) is 0 Å². The molecule has 3 heterocycles. The largest absolute Gasteiger partial charge is 0.416 e. The minimum atomic E-state index is -4.31. The van der Waals surface area contributed by atoms with Gasteiger partial charge in [0.2, 0.25) is 0 Å². The van der Waals surface area contributed by atoms with Crippen LogP contribution in [0.25, 0.3) is 11.0 Å². The number of aromatic nitrogens is 4. The zero-order valence-corrected chi connectivity index (χ0v) is 15.4. The molecule has 0 spiro atoms. The van der Waals surface area contributed by atoms with E-state index in [9.17, 15) is 13.2 Å². The molecule has 0 radical (unpaired) electrons. The molecular formula is C19H21F3N6. The number of H-pyrrole nitrogens is 1. The quantitative estimate of drug-likeness (QED) is 0.739. The van der Waals surface area contributed by atoms with Gasteiger partial charge in [-0.3, -0.25) is 10.00 Å². The van der Waals surface area contributed by atoms with Gasteiger partial charge in [-0.05, 0) is 31.5 Å². The Kier molecular flexibility index (Phi) is 4.92. The zero-order valence-electron chi connectivity index (χ0n) is 15.4. The van der Waals surface area contributed by atoms with Gasteiger partial charge in [-0.15, -0.1) is 0 Å². The summed E-state index contributed by atoms with van der Waals surface area (Å²) < 4.78 is 38.7. The summed E-state index contributed by atoms with van der Waals surface area (Å²) in [7, 11) is 1.97. The summed E-state index contributed by atoms with van der Waals surface area (Å²) in [6.07, 6.45) is 0.783. The summed E-state index contributed by atoms with van der Waals surface area (Å²) in [4.78, 5) is 12.9. The third kappa shape index (κ3) is 3.80. The van der Waals surface area contributed by atoms with Gasteiger partial charge in [0, 0.05) is 25.7 Å². The van der Waals surface area contributed by atoms with Gasteiger partial charge in [-0.25, -0.2) is 9.97 Å². The maximum Gasteiger partial charge on any atom is 0.416 e. The van der Waals surface area contributed by atoms with Crippen molar-refractivity contribution in [2.45, 2.75) is 31.6 Å². The Labute approximate surface area is 160 Å². The molecule has 9 heteroatoms. The number of hydrogen-bond acceptors (Lipinski definition) is 5. The first-order chi connectivity index (χ1) is 13.4. The van der Waals surface area contributed by atoms with E-state index in [1.54, 1.807) is 12.3 Å². The molecule has 0 bridgehead atoms. The number of nitrogens with zero attached hydrogens (tertiary/aromatic N) is 5. The van der Waals surface area contributed by atoms with E-state index in [0.717, 1.165) is 43.2 Å². The average molecular weight is 390 g/mol. The summed E-state index contributed by atoms with van der Waals surface area (Å²) in [5.41, 5.74) is 0.797. The van der Waals surface area contributed by atoms with E-state index in [-0.39, 0.29) is 0 Å². The SMILES string of the molecule is CN(Cc1cccc(C(F)(F)F)c1)C1CCN(c2ncnc3[nH]ncc23)CC1. The van der Waals surface area contributed by atoms with Crippen LogP contribution in [0, 0.1) is 0 Å². The molecule has 1 aliphatic rings.